The Bertz CT molecular complexity index is 293. The van der Waals surface area contributed by atoms with Crippen molar-refractivity contribution in [2.24, 2.45) is 0 Å². The van der Waals surface area contributed by atoms with E-state index in [0.717, 1.165) is 48.5 Å². The van der Waals surface area contributed by atoms with Gasteiger partial charge < -0.3 is 0 Å². The number of halogens is 3. The lowest BCUT2D eigenvalue weighted by molar-refractivity contribution is -0.121. The normalized spacial score (nSPS) is 26.5. The summed E-state index contributed by atoms with van der Waals surface area (Å²) in [5, 5.41) is -0.940. The second kappa shape index (κ2) is 5.04. The SMILES string of the molecule is C=C(C(=O)SC1(C)CCCC[SH+]1)C(F)(F)F. The van der Waals surface area contributed by atoms with Crippen molar-refractivity contribution in [1.29, 1.82) is 0 Å². The molecule has 1 nitrogen and oxygen atoms in total. The van der Waals surface area contributed by atoms with Crippen LogP contribution < -0.4 is 0 Å². The lowest BCUT2D eigenvalue weighted by Crippen LogP contribution is -2.31. The van der Waals surface area contributed by atoms with Gasteiger partial charge in [-0.15, -0.1) is 0 Å². The number of carbonyl (C=O) groups excluding carboxylic acids is 1. The van der Waals surface area contributed by atoms with Gasteiger partial charge in [0, 0.05) is 6.42 Å². The third-order valence-corrected chi connectivity index (χ3v) is 5.57. The Hall–Kier alpha value is -0.100. The number of thioether (sulfide) groups is 1. The highest BCUT2D eigenvalue weighted by Gasteiger charge is 2.43. The van der Waals surface area contributed by atoms with Crippen molar-refractivity contribution in [3.05, 3.63) is 12.2 Å². The molecule has 1 fully saturated rings. The summed E-state index contributed by atoms with van der Waals surface area (Å²) in [6, 6.07) is 0. The van der Waals surface area contributed by atoms with Gasteiger partial charge in [0.15, 0.2) is 4.08 Å². The summed E-state index contributed by atoms with van der Waals surface area (Å²) >= 11 is 1.84. The number of carbonyl (C=O) groups is 1. The fourth-order valence-electron chi connectivity index (χ4n) is 1.42. The molecule has 1 unspecified atom stereocenters. The first-order chi connectivity index (χ1) is 7.25. The molecule has 0 aliphatic carbocycles. The summed E-state index contributed by atoms with van der Waals surface area (Å²) in [5.74, 6) is 0.954. The van der Waals surface area contributed by atoms with Crippen LogP contribution in [0.1, 0.15) is 26.2 Å². The summed E-state index contributed by atoms with van der Waals surface area (Å²) < 4.78 is 36.4. The maximum absolute atomic E-state index is 12.2. The van der Waals surface area contributed by atoms with Gasteiger partial charge in [0.05, 0.1) is 0 Å². The molecule has 92 valence electrons. The van der Waals surface area contributed by atoms with Crippen molar-refractivity contribution in [2.45, 2.75) is 36.4 Å². The Morgan fingerprint density at radius 1 is 1.44 bits per heavy atom. The van der Waals surface area contributed by atoms with Crippen molar-refractivity contribution in [3.63, 3.8) is 0 Å². The molecular weight excluding hydrogens is 257 g/mol. The number of hydrogen-bond acceptors (Lipinski definition) is 2. The van der Waals surface area contributed by atoms with Crippen molar-refractivity contribution >= 4 is 28.6 Å². The summed E-state index contributed by atoms with van der Waals surface area (Å²) in [7, 11) is 0. The van der Waals surface area contributed by atoms with Crippen molar-refractivity contribution in [1.82, 2.24) is 0 Å². The van der Waals surface area contributed by atoms with Crippen LogP contribution in [0.2, 0.25) is 0 Å². The van der Waals surface area contributed by atoms with Gasteiger partial charge in [-0.05, 0) is 43.3 Å². The minimum atomic E-state index is -4.61. The summed E-state index contributed by atoms with van der Waals surface area (Å²) in [6.45, 7) is 4.67. The standard InChI is InChI=1S/C10H13F3OS2/c1-7(10(11,12)13)8(14)16-9(2)5-3-4-6-15-9/h1,3-6H2,2H3/p+1. The van der Waals surface area contributed by atoms with Gasteiger partial charge >= 0.3 is 6.18 Å². The Labute approximate surface area is 101 Å². The molecule has 0 amide bonds. The zero-order valence-electron chi connectivity index (χ0n) is 8.93. The van der Waals surface area contributed by atoms with E-state index in [2.05, 4.69) is 6.58 Å². The lowest BCUT2D eigenvalue weighted by atomic mass is 10.2. The average Bonchev–Trinajstić information content (AvgIpc) is 2.15. The summed E-state index contributed by atoms with van der Waals surface area (Å²) in [5.41, 5.74) is -1.25. The van der Waals surface area contributed by atoms with E-state index in [1.54, 1.807) is 0 Å². The van der Waals surface area contributed by atoms with Crippen LogP contribution in [0, 0.1) is 0 Å². The van der Waals surface area contributed by atoms with E-state index < -0.39 is 16.9 Å². The van der Waals surface area contributed by atoms with Crippen LogP contribution in [0.25, 0.3) is 0 Å². The zero-order valence-corrected chi connectivity index (χ0v) is 10.6. The van der Waals surface area contributed by atoms with Crippen LogP contribution in [0.3, 0.4) is 0 Å². The first-order valence-electron chi connectivity index (χ1n) is 4.93. The molecule has 0 N–H and O–H groups in total. The lowest BCUT2D eigenvalue weighted by Gasteiger charge is -2.24. The van der Waals surface area contributed by atoms with E-state index in [1.165, 1.54) is 0 Å². The molecule has 0 bridgehead atoms. The molecule has 0 aromatic rings. The average molecular weight is 271 g/mol. The van der Waals surface area contributed by atoms with E-state index in [1.807, 2.05) is 6.92 Å². The van der Waals surface area contributed by atoms with Crippen LogP contribution in [0.4, 0.5) is 13.2 Å². The monoisotopic (exact) mass is 271 g/mol. The van der Waals surface area contributed by atoms with Gasteiger partial charge in [0.25, 0.3) is 0 Å². The van der Waals surface area contributed by atoms with Gasteiger partial charge in [0.1, 0.15) is 11.3 Å². The largest absolute Gasteiger partial charge is 0.420 e. The van der Waals surface area contributed by atoms with Crippen molar-refractivity contribution < 1.29 is 18.0 Å². The number of alkyl halides is 3. The molecular formula is C10H14F3OS2+. The van der Waals surface area contributed by atoms with Crippen molar-refractivity contribution in [3.8, 4) is 0 Å². The highest BCUT2D eigenvalue weighted by Crippen LogP contribution is 2.39. The van der Waals surface area contributed by atoms with Crippen LogP contribution in [0.5, 0.6) is 0 Å². The predicted molar refractivity (Wildman–Crippen MR) is 63.7 cm³/mol. The maximum Gasteiger partial charge on any atom is 0.420 e. The van der Waals surface area contributed by atoms with Gasteiger partial charge in [-0.2, -0.15) is 13.2 Å². The highest BCUT2D eigenvalue weighted by atomic mass is 32.2. The molecule has 0 spiro atoms. The molecule has 0 aromatic heterocycles. The van der Waals surface area contributed by atoms with E-state index in [0.29, 0.717) is 0 Å². The molecule has 1 aliphatic heterocycles. The van der Waals surface area contributed by atoms with Crippen LogP contribution >= 0.6 is 11.8 Å². The highest BCUT2D eigenvalue weighted by molar-refractivity contribution is 8.21. The van der Waals surface area contributed by atoms with E-state index in [9.17, 15) is 18.0 Å². The molecule has 0 aromatic carbocycles. The fraction of sp³-hybridized carbons (Fsp3) is 0.700. The molecule has 1 saturated heterocycles. The minimum absolute atomic E-state index is 0.372. The topological polar surface area (TPSA) is 17.1 Å². The van der Waals surface area contributed by atoms with Crippen LogP contribution in [-0.2, 0) is 16.6 Å². The summed E-state index contributed by atoms with van der Waals surface area (Å²) in [4.78, 5) is 11.4. The third kappa shape index (κ3) is 3.73. The van der Waals surface area contributed by atoms with Gasteiger partial charge in [-0.3, -0.25) is 4.79 Å². The fourth-order valence-corrected chi connectivity index (χ4v) is 4.26. The van der Waals surface area contributed by atoms with Gasteiger partial charge in [-0.1, -0.05) is 6.58 Å². The second-order valence-corrected chi connectivity index (χ2v) is 7.41. The molecule has 6 heteroatoms. The molecule has 0 saturated carbocycles. The number of thiol groups is 1. The first-order valence-corrected chi connectivity index (χ1v) is 6.82. The minimum Gasteiger partial charge on any atom is -0.281 e. The van der Waals surface area contributed by atoms with E-state index >= 15 is 0 Å². The summed E-state index contributed by atoms with van der Waals surface area (Å²) in [6.07, 6.45) is -1.75. The molecule has 1 atom stereocenters. The Balaban J connectivity index is 2.60. The van der Waals surface area contributed by atoms with E-state index in [-0.39, 0.29) is 4.08 Å². The predicted octanol–water partition coefficient (Wildman–Crippen LogP) is 3.08. The van der Waals surface area contributed by atoms with E-state index in [4.69, 9.17) is 0 Å². The van der Waals surface area contributed by atoms with Crippen LogP contribution in [-0.4, -0.2) is 21.1 Å². The molecule has 0 radical (unpaired) electrons. The molecule has 1 aliphatic rings. The van der Waals surface area contributed by atoms with Crippen molar-refractivity contribution in [2.75, 3.05) is 5.75 Å². The molecule has 1 heterocycles. The second-order valence-electron chi connectivity index (χ2n) is 3.88. The Morgan fingerprint density at radius 3 is 2.50 bits per heavy atom. The number of hydrogen-bond donors (Lipinski definition) is 0. The quantitative estimate of drug-likeness (QED) is 0.436. The molecule has 16 heavy (non-hydrogen) atoms. The maximum atomic E-state index is 12.2. The molecule has 1 rings (SSSR count). The zero-order chi connectivity index (χ0) is 12.4. The third-order valence-electron chi connectivity index (χ3n) is 2.40. The van der Waals surface area contributed by atoms with Gasteiger partial charge in [-0.25, -0.2) is 0 Å². The first kappa shape index (κ1) is 14.0. The smallest absolute Gasteiger partial charge is 0.281 e. The number of rotatable bonds is 2. The Morgan fingerprint density at radius 2 is 2.06 bits per heavy atom. The Kier molecular flexibility index (Phi) is 4.40. The van der Waals surface area contributed by atoms with Gasteiger partial charge in [0.2, 0.25) is 5.12 Å². The van der Waals surface area contributed by atoms with Crippen LogP contribution in [0.15, 0.2) is 12.2 Å².